The Bertz CT molecular complexity index is 294. The summed E-state index contributed by atoms with van der Waals surface area (Å²) in [7, 11) is 0. The lowest BCUT2D eigenvalue weighted by Gasteiger charge is -2.22. The predicted octanol–water partition coefficient (Wildman–Crippen LogP) is 0.244. The fraction of sp³-hybridized carbons (Fsp3) is 0.667. The third kappa shape index (κ3) is 1.06. The largest absolute Gasteiger partial charge is 0.455 e. The number of hydrogen-bond acceptors (Lipinski definition) is 5. The summed E-state index contributed by atoms with van der Waals surface area (Å²) in [5, 5.41) is 0.545. The van der Waals surface area contributed by atoms with Gasteiger partial charge in [0.15, 0.2) is 0 Å². The van der Waals surface area contributed by atoms with Gasteiger partial charge >= 0.3 is 5.97 Å². The predicted molar refractivity (Wildman–Crippen MR) is 51.7 cm³/mol. The van der Waals surface area contributed by atoms with Crippen molar-refractivity contribution >= 4 is 17.9 Å². The summed E-state index contributed by atoms with van der Waals surface area (Å²) in [4.78, 5) is 11.1. The van der Waals surface area contributed by atoms with Crippen molar-refractivity contribution in [2.45, 2.75) is 36.0 Å². The Kier molecular flexibility index (Phi) is 1.87. The number of ether oxygens (including phenoxy) is 2. The second-order valence-corrected chi connectivity index (χ2v) is 4.86. The van der Waals surface area contributed by atoms with Crippen LogP contribution in [0.25, 0.3) is 0 Å². The van der Waals surface area contributed by atoms with Gasteiger partial charge in [-0.05, 0) is 6.42 Å². The molecule has 5 heteroatoms. The lowest BCUT2D eigenvalue weighted by molar-refractivity contribution is -0.146. The molecule has 0 radical (unpaired) electrons. The molecule has 0 aromatic carbocycles. The van der Waals surface area contributed by atoms with Crippen molar-refractivity contribution in [2.75, 3.05) is 0 Å². The van der Waals surface area contributed by atoms with Gasteiger partial charge in [0.05, 0.1) is 18.2 Å². The van der Waals surface area contributed by atoms with Crippen molar-refractivity contribution < 1.29 is 14.3 Å². The highest BCUT2D eigenvalue weighted by molar-refractivity contribution is 7.98. The molecule has 3 aliphatic rings. The molecule has 0 spiro atoms. The first-order valence-corrected chi connectivity index (χ1v) is 5.57. The Balaban J connectivity index is 1.76. The topological polar surface area (TPSA) is 47.6 Å². The van der Waals surface area contributed by atoms with E-state index in [4.69, 9.17) is 9.47 Å². The molecule has 0 aliphatic carbocycles. The zero-order valence-corrected chi connectivity index (χ0v) is 8.33. The maximum absolute atomic E-state index is 11.1. The highest BCUT2D eigenvalue weighted by atomic mass is 32.2. The second-order valence-electron chi connectivity index (χ2n) is 3.78. The number of nitrogens with one attached hydrogen (secondary N) is 1. The fourth-order valence-corrected chi connectivity index (χ4v) is 3.65. The van der Waals surface area contributed by atoms with E-state index in [2.05, 4.69) is 11.3 Å². The summed E-state index contributed by atoms with van der Waals surface area (Å²) in [6.07, 6.45) is 2.37. The molecule has 3 saturated heterocycles. The Morgan fingerprint density at radius 1 is 1.71 bits per heavy atom. The fourth-order valence-electron chi connectivity index (χ4n) is 2.40. The highest BCUT2D eigenvalue weighted by Crippen LogP contribution is 2.46. The number of carbonyl (C=O) groups excluding carboxylic acids is 1. The Morgan fingerprint density at radius 3 is 3.36 bits per heavy atom. The van der Waals surface area contributed by atoms with Gasteiger partial charge in [-0.15, -0.1) is 0 Å². The van der Waals surface area contributed by atoms with Gasteiger partial charge in [-0.2, -0.15) is 0 Å². The summed E-state index contributed by atoms with van der Waals surface area (Å²) in [5.41, 5.74) is 0. The lowest BCUT2D eigenvalue weighted by atomic mass is 9.93. The zero-order valence-electron chi connectivity index (χ0n) is 7.51. The summed E-state index contributed by atoms with van der Waals surface area (Å²) in [6, 6.07) is 0.174. The average molecular weight is 213 g/mol. The number of fused-ring (bicyclic) bond motifs is 1. The first kappa shape index (κ1) is 8.76. The normalized spacial score (nSPS) is 48.1. The summed E-state index contributed by atoms with van der Waals surface area (Å²) >= 11 is 1.71. The van der Waals surface area contributed by atoms with Crippen LogP contribution in [0.15, 0.2) is 12.7 Å². The van der Waals surface area contributed by atoms with Gasteiger partial charge in [0, 0.05) is 11.3 Å². The molecule has 5 unspecified atom stereocenters. The van der Waals surface area contributed by atoms with Gasteiger partial charge in [0.1, 0.15) is 6.10 Å². The van der Waals surface area contributed by atoms with Gasteiger partial charge in [-0.3, -0.25) is 4.72 Å². The van der Waals surface area contributed by atoms with E-state index in [9.17, 15) is 4.79 Å². The molecule has 14 heavy (non-hydrogen) atoms. The smallest absolute Gasteiger partial charge is 0.330 e. The minimum atomic E-state index is -0.360. The minimum Gasteiger partial charge on any atom is -0.455 e. The number of hydrogen-bond donors (Lipinski definition) is 1. The molecule has 3 rings (SSSR count). The molecule has 3 heterocycles. The molecule has 1 N–H and O–H groups in total. The van der Waals surface area contributed by atoms with Crippen LogP contribution in [0.1, 0.15) is 6.42 Å². The first-order valence-electron chi connectivity index (χ1n) is 4.69. The third-order valence-electron chi connectivity index (χ3n) is 3.01. The number of carbonyl (C=O) groups is 1. The standard InChI is InChI=1S/C9H11NO3S/c1-2-6(11)13-8-4-3-5-9(12-4)7(8)10-14-5/h2,4-5,7-10H,1,3H2. The van der Waals surface area contributed by atoms with E-state index in [0.717, 1.165) is 6.42 Å². The van der Waals surface area contributed by atoms with Crippen molar-refractivity contribution in [3.63, 3.8) is 0 Å². The Labute approximate surface area is 86.1 Å². The van der Waals surface area contributed by atoms with E-state index in [0.29, 0.717) is 5.25 Å². The van der Waals surface area contributed by atoms with Crippen molar-refractivity contribution in [3.05, 3.63) is 12.7 Å². The quantitative estimate of drug-likeness (QED) is 0.404. The van der Waals surface area contributed by atoms with Crippen LogP contribution in [0.3, 0.4) is 0 Å². The third-order valence-corrected chi connectivity index (χ3v) is 4.18. The van der Waals surface area contributed by atoms with Crippen LogP contribution < -0.4 is 4.72 Å². The van der Waals surface area contributed by atoms with E-state index in [1.807, 2.05) is 0 Å². The van der Waals surface area contributed by atoms with Crippen molar-refractivity contribution in [1.82, 2.24) is 4.72 Å². The van der Waals surface area contributed by atoms with Gasteiger partial charge in [-0.25, -0.2) is 4.79 Å². The minimum absolute atomic E-state index is 0.0846. The SMILES string of the molecule is C=CC(=O)OC1C2CC3SNC1C3O2. The van der Waals surface area contributed by atoms with Crippen LogP contribution in [-0.4, -0.2) is 35.6 Å². The molecule has 0 aromatic heterocycles. The number of rotatable bonds is 2. The van der Waals surface area contributed by atoms with Crippen molar-refractivity contribution in [2.24, 2.45) is 0 Å². The van der Waals surface area contributed by atoms with E-state index in [1.165, 1.54) is 6.08 Å². The van der Waals surface area contributed by atoms with Gasteiger partial charge in [0.2, 0.25) is 0 Å². The molecule has 3 aliphatic heterocycles. The molecular formula is C9H11NO3S. The summed E-state index contributed by atoms with van der Waals surface area (Å²) < 4.78 is 14.3. The molecule has 0 aromatic rings. The maximum Gasteiger partial charge on any atom is 0.330 e. The highest BCUT2D eigenvalue weighted by Gasteiger charge is 2.60. The average Bonchev–Trinajstić information content (AvgIpc) is 2.76. The zero-order chi connectivity index (χ0) is 9.71. The summed E-state index contributed by atoms with van der Waals surface area (Å²) in [6.45, 7) is 3.39. The molecule has 76 valence electrons. The Morgan fingerprint density at radius 2 is 2.57 bits per heavy atom. The van der Waals surface area contributed by atoms with Gasteiger partial charge in [-0.1, -0.05) is 18.5 Å². The summed E-state index contributed by atoms with van der Waals surface area (Å²) in [5.74, 6) is -0.360. The Hall–Kier alpha value is -0.520. The molecule has 4 nitrogen and oxygen atoms in total. The van der Waals surface area contributed by atoms with Gasteiger partial charge < -0.3 is 9.47 Å². The van der Waals surface area contributed by atoms with Crippen LogP contribution in [0, 0.1) is 0 Å². The molecule has 0 saturated carbocycles. The molecule has 5 atom stereocenters. The van der Waals surface area contributed by atoms with E-state index in [1.54, 1.807) is 11.9 Å². The van der Waals surface area contributed by atoms with E-state index >= 15 is 0 Å². The van der Waals surface area contributed by atoms with Crippen LogP contribution in [0.5, 0.6) is 0 Å². The van der Waals surface area contributed by atoms with E-state index in [-0.39, 0.29) is 30.3 Å². The monoisotopic (exact) mass is 213 g/mol. The molecule has 2 bridgehead atoms. The maximum atomic E-state index is 11.1. The van der Waals surface area contributed by atoms with Crippen molar-refractivity contribution in [3.8, 4) is 0 Å². The lowest BCUT2D eigenvalue weighted by Crippen LogP contribution is -2.44. The molecule has 0 amide bonds. The first-order chi connectivity index (χ1) is 6.79. The second kappa shape index (κ2) is 2.98. The molecular weight excluding hydrogens is 202 g/mol. The van der Waals surface area contributed by atoms with Crippen LogP contribution in [0.4, 0.5) is 0 Å². The van der Waals surface area contributed by atoms with Gasteiger partial charge in [0.25, 0.3) is 0 Å². The van der Waals surface area contributed by atoms with Crippen LogP contribution in [-0.2, 0) is 14.3 Å². The number of esters is 1. The molecule has 3 fully saturated rings. The van der Waals surface area contributed by atoms with Crippen LogP contribution in [0.2, 0.25) is 0 Å². The van der Waals surface area contributed by atoms with Crippen LogP contribution >= 0.6 is 11.9 Å². The van der Waals surface area contributed by atoms with Crippen molar-refractivity contribution in [1.29, 1.82) is 0 Å². The van der Waals surface area contributed by atoms with E-state index < -0.39 is 0 Å².